The van der Waals surface area contributed by atoms with Crippen molar-refractivity contribution < 1.29 is 25.2 Å². The van der Waals surface area contributed by atoms with Crippen LogP contribution in [0, 0.1) is 18.7 Å². The average molecular weight is 505 g/mol. The maximum atomic E-state index is 14.3. The maximum absolute atomic E-state index is 14.3. The molecule has 2 aromatic heterocycles. The Morgan fingerprint density at radius 1 is 1.17 bits per heavy atom. The maximum Gasteiger partial charge on any atom is 0.281 e. The predicted octanol–water partition coefficient (Wildman–Crippen LogP) is 4.69. The summed E-state index contributed by atoms with van der Waals surface area (Å²) >= 11 is 0. The number of nitrogens with one attached hydrogen (secondary N) is 1. The Kier molecular flexibility index (Phi) is 8.06. The normalized spacial score (nSPS) is 11.4. The van der Waals surface area contributed by atoms with E-state index in [1.165, 1.54) is 24.3 Å². The number of hydrogen-bond acceptors (Lipinski definition) is 7. The molecule has 0 fully saturated rings. The van der Waals surface area contributed by atoms with Gasteiger partial charge >= 0.3 is 0 Å². The number of rotatable bonds is 9. The number of halogens is 1. The van der Waals surface area contributed by atoms with Gasteiger partial charge < -0.3 is 9.64 Å². The molecular weight excluding hydrogens is 471 g/mol. The third kappa shape index (κ3) is 6.54. The Morgan fingerprint density at radius 2 is 1.91 bits per heavy atom. The van der Waals surface area contributed by atoms with E-state index >= 15 is 0 Å². The summed E-state index contributed by atoms with van der Waals surface area (Å²) in [6.07, 6.45) is 0. The molecule has 0 unspecified atom stereocenters. The Hall–Kier alpha value is -3.53. The molecule has 190 valence electrons. The molecule has 0 aliphatic rings. The monoisotopic (exact) mass is 504 g/mol. The summed E-state index contributed by atoms with van der Waals surface area (Å²) < 4.78 is 47.4. The SMILES string of the molecule is CCN(C)c1nc(-c2cc(F)cc(OCC(C)C)c2)ccc1C(=O)NS(=O)(=O)c1cccc(C)n1.[HH].[HH]. The first-order valence-corrected chi connectivity index (χ1v) is 12.6. The zero-order valence-corrected chi connectivity index (χ0v) is 21.2. The van der Waals surface area contributed by atoms with Gasteiger partial charge in [-0.3, -0.25) is 4.79 Å². The van der Waals surface area contributed by atoms with E-state index in [0.717, 1.165) is 0 Å². The lowest BCUT2D eigenvalue weighted by atomic mass is 10.1. The largest absolute Gasteiger partial charge is 0.493 e. The number of ether oxygens (including phenoxy) is 1. The smallest absolute Gasteiger partial charge is 0.281 e. The van der Waals surface area contributed by atoms with E-state index in [-0.39, 0.29) is 25.2 Å². The van der Waals surface area contributed by atoms with Crippen LogP contribution in [0.15, 0.2) is 53.6 Å². The highest BCUT2D eigenvalue weighted by Gasteiger charge is 2.24. The molecular formula is C25H33FN4O4S. The summed E-state index contributed by atoms with van der Waals surface area (Å²) in [4.78, 5) is 23.2. The first kappa shape index (κ1) is 26.1. The first-order chi connectivity index (χ1) is 16.5. The van der Waals surface area contributed by atoms with Crippen molar-refractivity contribution >= 4 is 21.7 Å². The molecule has 1 aromatic carbocycles. The highest BCUT2D eigenvalue weighted by Crippen LogP contribution is 2.28. The standard InChI is InChI=1S/C25H29FN4O4S.2H2/c1-6-30(5)24-21(25(31)29-35(32,33)23-9-7-8-17(4)27-23)10-11-22(28-24)18-12-19(26)14-20(13-18)34-15-16(2)3;;/h7-14,16H,6,15H2,1-5H3,(H,29,31);2*1H. The molecule has 10 heteroatoms. The molecule has 35 heavy (non-hydrogen) atoms. The Morgan fingerprint density at radius 3 is 2.57 bits per heavy atom. The lowest BCUT2D eigenvalue weighted by Gasteiger charge is -2.20. The number of carbonyl (C=O) groups excluding carboxylic acids is 1. The third-order valence-corrected chi connectivity index (χ3v) is 6.30. The van der Waals surface area contributed by atoms with Gasteiger partial charge in [0.05, 0.1) is 17.9 Å². The molecule has 2 heterocycles. The van der Waals surface area contributed by atoms with Crippen LogP contribution in [-0.4, -0.2) is 44.5 Å². The van der Waals surface area contributed by atoms with E-state index in [2.05, 4.69) is 14.7 Å². The summed E-state index contributed by atoms with van der Waals surface area (Å²) in [6.45, 7) is 8.44. The fourth-order valence-corrected chi connectivity index (χ4v) is 4.16. The summed E-state index contributed by atoms with van der Waals surface area (Å²) in [5.41, 5.74) is 1.44. The van der Waals surface area contributed by atoms with Crippen LogP contribution >= 0.6 is 0 Å². The van der Waals surface area contributed by atoms with Gasteiger partial charge in [0, 0.05) is 33.8 Å². The molecule has 3 aromatic rings. The molecule has 0 spiro atoms. The summed E-state index contributed by atoms with van der Waals surface area (Å²) in [7, 11) is -2.46. The van der Waals surface area contributed by atoms with Crippen molar-refractivity contribution in [3.63, 3.8) is 0 Å². The van der Waals surface area contributed by atoms with Gasteiger partial charge in [0.1, 0.15) is 17.4 Å². The van der Waals surface area contributed by atoms with E-state index in [9.17, 15) is 17.6 Å². The number of benzene rings is 1. The van der Waals surface area contributed by atoms with Crippen molar-refractivity contribution in [1.82, 2.24) is 14.7 Å². The minimum absolute atomic E-state index is 0. The molecule has 1 N–H and O–H groups in total. The molecule has 0 saturated carbocycles. The van der Waals surface area contributed by atoms with Crippen LogP contribution in [0.5, 0.6) is 5.75 Å². The first-order valence-electron chi connectivity index (χ1n) is 11.2. The van der Waals surface area contributed by atoms with E-state index in [0.29, 0.717) is 35.9 Å². The number of carbonyl (C=O) groups is 1. The average Bonchev–Trinajstić information content (AvgIpc) is 2.81. The summed E-state index contributed by atoms with van der Waals surface area (Å²) in [5.74, 6) is -0.424. The van der Waals surface area contributed by atoms with Gasteiger partial charge in [-0.15, -0.1) is 0 Å². The van der Waals surface area contributed by atoms with Crippen LogP contribution in [0.1, 0.15) is 39.7 Å². The molecule has 0 saturated heterocycles. The lowest BCUT2D eigenvalue weighted by Crippen LogP contribution is -2.33. The second-order valence-corrected chi connectivity index (χ2v) is 10.1. The number of aromatic nitrogens is 2. The van der Waals surface area contributed by atoms with E-state index in [1.54, 1.807) is 43.1 Å². The molecule has 0 radical (unpaired) electrons. The molecule has 1 amide bonds. The van der Waals surface area contributed by atoms with Gasteiger partial charge in [0.25, 0.3) is 15.9 Å². The molecule has 0 aliphatic heterocycles. The van der Waals surface area contributed by atoms with Crippen molar-refractivity contribution in [1.29, 1.82) is 0 Å². The fraction of sp³-hybridized carbons (Fsp3) is 0.320. The van der Waals surface area contributed by atoms with Crippen LogP contribution in [0.2, 0.25) is 0 Å². The number of nitrogens with zero attached hydrogens (tertiary/aromatic N) is 3. The van der Waals surface area contributed by atoms with Crippen molar-refractivity contribution in [3.8, 4) is 17.0 Å². The number of sulfonamides is 1. The fourth-order valence-electron chi connectivity index (χ4n) is 3.18. The van der Waals surface area contributed by atoms with Gasteiger partial charge in [0.15, 0.2) is 5.03 Å². The predicted molar refractivity (Wildman–Crippen MR) is 137 cm³/mol. The van der Waals surface area contributed by atoms with E-state index < -0.39 is 21.7 Å². The lowest BCUT2D eigenvalue weighted by molar-refractivity contribution is 0.0981. The quantitative estimate of drug-likeness (QED) is 0.451. The topological polar surface area (TPSA) is 101 Å². The highest BCUT2D eigenvalue weighted by atomic mass is 32.2. The number of amides is 1. The number of anilines is 1. The number of aryl methyl sites for hydroxylation is 1. The highest BCUT2D eigenvalue weighted by molar-refractivity contribution is 7.90. The Balaban J connectivity index is 0.00000342. The van der Waals surface area contributed by atoms with Crippen molar-refractivity contribution in [3.05, 3.63) is 65.6 Å². The Bertz CT molecular complexity index is 1340. The van der Waals surface area contributed by atoms with Gasteiger partial charge in [0.2, 0.25) is 0 Å². The van der Waals surface area contributed by atoms with Crippen molar-refractivity contribution in [2.75, 3.05) is 25.1 Å². The minimum Gasteiger partial charge on any atom is -0.493 e. The van der Waals surface area contributed by atoms with Crippen LogP contribution < -0.4 is 14.4 Å². The van der Waals surface area contributed by atoms with Crippen LogP contribution in [0.3, 0.4) is 0 Å². The molecule has 0 bridgehead atoms. The summed E-state index contributed by atoms with van der Waals surface area (Å²) in [6, 6.07) is 11.8. The minimum atomic E-state index is -4.19. The number of hydrogen-bond donors (Lipinski definition) is 1. The zero-order valence-electron chi connectivity index (χ0n) is 20.4. The van der Waals surface area contributed by atoms with Crippen LogP contribution in [0.25, 0.3) is 11.3 Å². The molecule has 0 aliphatic carbocycles. The summed E-state index contributed by atoms with van der Waals surface area (Å²) in [5, 5.41) is -0.255. The molecule has 8 nitrogen and oxygen atoms in total. The van der Waals surface area contributed by atoms with Crippen molar-refractivity contribution in [2.45, 2.75) is 32.7 Å². The second kappa shape index (κ2) is 10.8. The van der Waals surface area contributed by atoms with Gasteiger partial charge in [-0.25, -0.2) is 19.1 Å². The van der Waals surface area contributed by atoms with E-state index in [1.807, 2.05) is 20.8 Å². The molecule has 3 rings (SSSR count). The molecule has 0 atom stereocenters. The van der Waals surface area contributed by atoms with Crippen LogP contribution in [-0.2, 0) is 10.0 Å². The van der Waals surface area contributed by atoms with E-state index in [4.69, 9.17) is 4.74 Å². The van der Waals surface area contributed by atoms with Gasteiger partial charge in [-0.1, -0.05) is 19.9 Å². The Labute approximate surface area is 208 Å². The van der Waals surface area contributed by atoms with Crippen molar-refractivity contribution in [2.24, 2.45) is 5.92 Å². The number of pyridine rings is 2. The third-order valence-electron chi connectivity index (χ3n) is 5.07. The second-order valence-electron chi connectivity index (χ2n) is 8.51. The van der Waals surface area contributed by atoms with Gasteiger partial charge in [-0.05, 0) is 56.2 Å². The van der Waals surface area contributed by atoms with Crippen LogP contribution in [0.4, 0.5) is 10.2 Å². The zero-order chi connectivity index (χ0) is 25.8. The van der Waals surface area contributed by atoms with Gasteiger partial charge in [-0.2, -0.15) is 8.42 Å².